The van der Waals surface area contributed by atoms with Gasteiger partial charge in [-0.05, 0) is 50.5 Å². The molecular weight excluding hydrogens is 466 g/mol. The van der Waals surface area contributed by atoms with Gasteiger partial charge in [0, 0.05) is 52.3 Å². The number of hydrogen-bond donors (Lipinski definition) is 3. The predicted molar refractivity (Wildman–Crippen MR) is 143 cm³/mol. The lowest BCUT2D eigenvalue weighted by atomic mass is 10.1. The van der Waals surface area contributed by atoms with Crippen molar-refractivity contribution in [3.63, 3.8) is 0 Å². The highest BCUT2D eigenvalue weighted by atomic mass is 16.2. The number of carbonyl (C=O) groups excluding carboxylic acids is 1. The largest absolute Gasteiger partial charge is 0.338 e. The Labute approximate surface area is 211 Å². The maximum Gasteiger partial charge on any atom is 0.238 e. The normalized spacial score (nSPS) is 11.4. The number of hydrogen-bond acceptors (Lipinski definition) is 7. The molecule has 0 spiro atoms. The van der Waals surface area contributed by atoms with Gasteiger partial charge in [0.15, 0.2) is 5.65 Å². The Balaban J connectivity index is 1.38. The van der Waals surface area contributed by atoms with Crippen LogP contribution in [0.25, 0.3) is 55.8 Å². The molecule has 0 saturated heterocycles. The summed E-state index contributed by atoms with van der Waals surface area (Å²) < 4.78 is 0. The quantitative estimate of drug-likeness (QED) is 0.321. The summed E-state index contributed by atoms with van der Waals surface area (Å²) >= 11 is 0. The molecule has 0 atom stereocenters. The van der Waals surface area contributed by atoms with Crippen LogP contribution in [-0.2, 0) is 4.79 Å². The molecule has 37 heavy (non-hydrogen) atoms. The molecule has 0 fully saturated rings. The van der Waals surface area contributed by atoms with Crippen molar-refractivity contribution in [2.24, 2.45) is 0 Å². The lowest BCUT2D eigenvalue weighted by molar-refractivity contribution is -0.116. The molecule has 0 unspecified atom stereocenters. The first-order valence-electron chi connectivity index (χ1n) is 11.7. The fraction of sp³-hybridized carbons (Fsp3) is 0.111. The fourth-order valence-corrected chi connectivity index (χ4v) is 4.32. The molecule has 6 aromatic heterocycles. The van der Waals surface area contributed by atoms with E-state index in [2.05, 4.69) is 46.5 Å². The zero-order valence-electron chi connectivity index (χ0n) is 20.2. The summed E-state index contributed by atoms with van der Waals surface area (Å²) in [4.78, 5) is 35.3. The average Bonchev–Trinajstić information content (AvgIpc) is 3.52. The summed E-state index contributed by atoms with van der Waals surface area (Å²) in [7, 11) is 3.69. The van der Waals surface area contributed by atoms with E-state index in [1.807, 2.05) is 55.4 Å². The monoisotopic (exact) mass is 489 g/mol. The molecule has 10 heteroatoms. The van der Waals surface area contributed by atoms with E-state index in [0.29, 0.717) is 11.3 Å². The van der Waals surface area contributed by atoms with Crippen LogP contribution in [0.1, 0.15) is 0 Å². The molecule has 0 aliphatic heterocycles. The van der Waals surface area contributed by atoms with Crippen molar-refractivity contribution < 1.29 is 4.79 Å². The maximum absolute atomic E-state index is 12.2. The van der Waals surface area contributed by atoms with Gasteiger partial charge in [-0.1, -0.05) is 6.07 Å². The van der Waals surface area contributed by atoms with Crippen molar-refractivity contribution in [2.75, 3.05) is 26.0 Å². The Bertz CT molecular complexity index is 1740. The second-order valence-corrected chi connectivity index (χ2v) is 8.96. The topological polar surface area (TPSA) is 128 Å². The van der Waals surface area contributed by atoms with Crippen LogP contribution in [0.2, 0.25) is 0 Å². The van der Waals surface area contributed by atoms with Gasteiger partial charge in [-0.3, -0.25) is 19.9 Å². The number of anilines is 1. The third kappa shape index (κ3) is 4.41. The van der Waals surface area contributed by atoms with Gasteiger partial charge in [-0.2, -0.15) is 5.10 Å². The zero-order valence-corrected chi connectivity index (χ0v) is 20.2. The van der Waals surface area contributed by atoms with Crippen molar-refractivity contribution in [1.82, 2.24) is 40.0 Å². The van der Waals surface area contributed by atoms with Gasteiger partial charge in [-0.25, -0.2) is 9.97 Å². The van der Waals surface area contributed by atoms with Crippen LogP contribution < -0.4 is 5.32 Å². The number of likely N-dealkylation sites (N-methyl/N-ethyl adjacent to an activating group) is 1. The molecule has 0 saturated carbocycles. The van der Waals surface area contributed by atoms with Crippen LogP contribution in [0.15, 0.2) is 73.4 Å². The molecule has 0 aromatic carbocycles. The summed E-state index contributed by atoms with van der Waals surface area (Å²) in [6.07, 6.45) is 8.68. The second-order valence-electron chi connectivity index (χ2n) is 8.96. The highest BCUT2D eigenvalue weighted by Crippen LogP contribution is 2.33. The number of H-pyrrole nitrogens is 2. The van der Waals surface area contributed by atoms with Crippen molar-refractivity contribution in [1.29, 1.82) is 0 Å². The Morgan fingerprint density at radius 1 is 0.946 bits per heavy atom. The first-order chi connectivity index (χ1) is 18.0. The summed E-state index contributed by atoms with van der Waals surface area (Å²) in [6, 6.07) is 13.8. The van der Waals surface area contributed by atoms with Crippen LogP contribution in [0.3, 0.4) is 0 Å². The van der Waals surface area contributed by atoms with E-state index in [0.717, 1.165) is 50.2 Å². The van der Waals surface area contributed by atoms with Gasteiger partial charge in [0.1, 0.15) is 5.65 Å². The Kier molecular flexibility index (Phi) is 5.62. The number of pyridine rings is 4. The molecule has 3 N–H and O–H groups in total. The van der Waals surface area contributed by atoms with Crippen LogP contribution in [0, 0.1) is 0 Å². The lowest BCUT2D eigenvalue weighted by Gasteiger charge is -2.10. The molecule has 0 bridgehead atoms. The number of nitrogens with one attached hydrogen (secondary N) is 3. The number of amides is 1. The summed E-state index contributed by atoms with van der Waals surface area (Å²) in [5.41, 5.74) is 7.19. The SMILES string of the molecule is CN(C)CC(=O)Nc1cncc(-c2cnc3n[nH]c(-c4cc5c(-c6ccccn6)ccnc5[nH]4)c3c2)c1. The van der Waals surface area contributed by atoms with E-state index in [4.69, 9.17) is 0 Å². The standard InChI is InChI=1S/C27H23N9O/c1-36(2)15-24(37)32-18-9-16(12-28-14-18)17-10-21-25(34-35-27(21)31-13-17)23-11-20-19(6-8-30-26(20)33-23)22-5-3-4-7-29-22/h3-14H,15H2,1-2H3,(H,30,33)(H,32,37)(H,31,34,35). The van der Waals surface area contributed by atoms with Gasteiger partial charge >= 0.3 is 0 Å². The molecule has 0 aliphatic carbocycles. The molecule has 6 heterocycles. The molecular formula is C27H23N9O. The summed E-state index contributed by atoms with van der Waals surface area (Å²) in [5, 5.41) is 12.2. The van der Waals surface area contributed by atoms with Gasteiger partial charge in [0.25, 0.3) is 0 Å². The van der Waals surface area contributed by atoms with E-state index < -0.39 is 0 Å². The molecule has 0 aliphatic rings. The minimum Gasteiger partial charge on any atom is -0.338 e. The molecule has 1 amide bonds. The number of carbonyl (C=O) groups is 1. The summed E-state index contributed by atoms with van der Waals surface area (Å²) in [6.45, 7) is 0.289. The van der Waals surface area contributed by atoms with Gasteiger partial charge in [0.05, 0.1) is 35.5 Å². The molecule has 182 valence electrons. The second kappa shape index (κ2) is 9.25. The van der Waals surface area contributed by atoms with Crippen molar-refractivity contribution in [2.45, 2.75) is 0 Å². The highest BCUT2D eigenvalue weighted by molar-refractivity contribution is 5.99. The fourth-order valence-electron chi connectivity index (χ4n) is 4.32. The molecule has 6 rings (SSSR count). The average molecular weight is 490 g/mol. The van der Waals surface area contributed by atoms with Gasteiger partial charge < -0.3 is 15.2 Å². The Morgan fingerprint density at radius 2 is 1.84 bits per heavy atom. The minimum atomic E-state index is -0.104. The minimum absolute atomic E-state index is 0.104. The molecule has 10 nitrogen and oxygen atoms in total. The van der Waals surface area contributed by atoms with E-state index in [1.165, 1.54) is 0 Å². The maximum atomic E-state index is 12.2. The number of nitrogens with zero attached hydrogens (tertiary/aromatic N) is 6. The predicted octanol–water partition coefficient (Wildman–Crippen LogP) is 4.13. The first kappa shape index (κ1) is 22.5. The number of rotatable bonds is 6. The first-order valence-corrected chi connectivity index (χ1v) is 11.7. The lowest BCUT2D eigenvalue weighted by Crippen LogP contribution is -2.27. The highest BCUT2D eigenvalue weighted by Gasteiger charge is 2.16. The van der Waals surface area contributed by atoms with Crippen LogP contribution in [0.4, 0.5) is 5.69 Å². The third-order valence-corrected chi connectivity index (χ3v) is 5.97. The zero-order chi connectivity index (χ0) is 25.4. The van der Waals surface area contributed by atoms with E-state index in [9.17, 15) is 4.79 Å². The molecule has 0 radical (unpaired) electrons. The third-order valence-electron chi connectivity index (χ3n) is 5.97. The number of aromatic amines is 2. The Morgan fingerprint density at radius 3 is 2.68 bits per heavy atom. The van der Waals surface area contributed by atoms with Crippen LogP contribution >= 0.6 is 0 Å². The van der Waals surface area contributed by atoms with E-state index >= 15 is 0 Å². The van der Waals surface area contributed by atoms with Crippen LogP contribution in [0.5, 0.6) is 0 Å². The van der Waals surface area contributed by atoms with Crippen molar-refractivity contribution in [3.05, 3.63) is 73.4 Å². The van der Waals surface area contributed by atoms with Gasteiger partial charge in [0.2, 0.25) is 5.91 Å². The van der Waals surface area contributed by atoms with Gasteiger partial charge in [-0.15, -0.1) is 0 Å². The van der Waals surface area contributed by atoms with E-state index in [-0.39, 0.29) is 12.5 Å². The number of fused-ring (bicyclic) bond motifs is 2. The van der Waals surface area contributed by atoms with Crippen molar-refractivity contribution >= 4 is 33.7 Å². The Hall–Kier alpha value is -4.96. The smallest absolute Gasteiger partial charge is 0.238 e. The summed E-state index contributed by atoms with van der Waals surface area (Å²) in [5.74, 6) is -0.104. The van der Waals surface area contributed by atoms with Crippen LogP contribution in [-0.4, -0.2) is 66.6 Å². The van der Waals surface area contributed by atoms with Crippen molar-refractivity contribution in [3.8, 4) is 33.8 Å². The van der Waals surface area contributed by atoms with E-state index in [1.54, 1.807) is 31.0 Å². The number of aromatic nitrogens is 7. The molecule has 6 aromatic rings.